The molecule has 0 saturated heterocycles. The number of benzene rings is 3. The van der Waals surface area contributed by atoms with Crippen LogP contribution in [0.5, 0.6) is 0 Å². The molecule has 0 saturated carbocycles. The van der Waals surface area contributed by atoms with Crippen LogP contribution in [0.2, 0.25) is 10.0 Å². The van der Waals surface area contributed by atoms with E-state index in [9.17, 15) is 23.3 Å². The number of nitrogens with one attached hydrogen (secondary N) is 1. The summed E-state index contributed by atoms with van der Waals surface area (Å²) in [5.74, 6) is 0.561. The summed E-state index contributed by atoms with van der Waals surface area (Å²) in [7, 11) is -4.25. The van der Waals surface area contributed by atoms with E-state index in [0.29, 0.717) is 21.6 Å². The molecule has 0 heterocycles. The summed E-state index contributed by atoms with van der Waals surface area (Å²) in [5, 5.41) is 15.3. The van der Waals surface area contributed by atoms with E-state index in [0.717, 1.165) is 9.87 Å². The molecule has 3 aromatic rings. The first-order valence-electron chi connectivity index (χ1n) is 10.3. The van der Waals surface area contributed by atoms with Crippen molar-refractivity contribution in [3.63, 3.8) is 0 Å². The third-order valence-corrected chi connectivity index (χ3v) is 8.18. The van der Waals surface area contributed by atoms with E-state index in [1.807, 2.05) is 6.07 Å². The van der Waals surface area contributed by atoms with E-state index in [-0.39, 0.29) is 17.1 Å². The molecule has 0 atom stereocenters. The molecule has 0 unspecified atom stereocenters. The molecule has 0 spiro atoms. The van der Waals surface area contributed by atoms with Gasteiger partial charge in [0.15, 0.2) is 0 Å². The van der Waals surface area contributed by atoms with Gasteiger partial charge in [0.2, 0.25) is 5.91 Å². The summed E-state index contributed by atoms with van der Waals surface area (Å²) in [6.07, 6.45) is 0. The van der Waals surface area contributed by atoms with Gasteiger partial charge in [-0.3, -0.25) is 14.9 Å². The topological polar surface area (TPSA) is 110 Å². The zero-order chi connectivity index (χ0) is 25.4. The summed E-state index contributed by atoms with van der Waals surface area (Å²) in [5.41, 5.74) is 0.294. The van der Waals surface area contributed by atoms with Crippen LogP contribution >= 0.6 is 35.0 Å². The molecule has 12 heteroatoms. The van der Waals surface area contributed by atoms with Gasteiger partial charge in [0.25, 0.3) is 15.7 Å². The van der Waals surface area contributed by atoms with E-state index in [1.165, 1.54) is 60.3 Å². The minimum atomic E-state index is -4.25. The van der Waals surface area contributed by atoms with E-state index in [2.05, 4.69) is 5.32 Å². The van der Waals surface area contributed by atoms with Crippen LogP contribution < -0.4 is 9.62 Å². The molecule has 0 aliphatic carbocycles. The Hall–Kier alpha value is -2.79. The van der Waals surface area contributed by atoms with E-state index >= 15 is 0 Å². The van der Waals surface area contributed by atoms with Gasteiger partial charge in [0.1, 0.15) is 12.2 Å². The lowest BCUT2D eigenvalue weighted by molar-refractivity contribution is -0.384. The number of anilines is 1. The lowest BCUT2D eigenvalue weighted by atomic mass is 10.2. The second kappa shape index (κ2) is 12.3. The fourth-order valence-corrected chi connectivity index (χ4v) is 5.99. The molecule has 0 fully saturated rings. The standard InChI is InChI=1S/C23H21Cl2N3O5S2/c24-18-11-10-17(20(25)14-18)16-34-13-12-26-23(29)15-27(21-8-4-5-9-22(21)28(30)31)35(32,33)19-6-2-1-3-7-19/h1-11,14H,12-13,15-16H2,(H,26,29). The van der Waals surface area contributed by atoms with Crippen LogP contribution in [0.3, 0.4) is 0 Å². The number of thioether (sulfide) groups is 1. The van der Waals surface area contributed by atoms with Crippen molar-refractivity contribution in [3.05, 3.63) is 98.5 Å². The lowest BCUT2D eigenvalue weighted by Crippen LogP contribution is -2.41. The van der Waals surface area contributed by atoms with Crippen molar-refractivity contribution in [1.29, 1.82) is 0 Å². The monoisotopic (exact) mass is 553 g/mol. The predicted octanol–water partition coefficient (Wildman–Crippen LogP) is 5.15. The number of halogens is 2. The number of nitro benzene ring substituents is 1. The van der Waals surface area contributed by atoms with Crippen molar-refractivity contribution in [2.75, 3.05) is 23.1 Å². The fourth-order valence-electron chi connectivity index (χ4n) is 3.12. The second-order valence-corrected chi connectivity index (χ2v) is 11.0. The Kier molecular flexibility index (Phi) is 9.39. The van der Waals surface area contributed by atoms with Crippen LogP contribution in [0.4, 0.5) is 11.4 Å². The number of nitrogens with zero attached hydrogens (tertiary/aromatic N) is 2. The van der Waals surface area contributed by atoms with Crippen LogP contribution in [-0.2, 0) is 20.6 Å². The third-order valence-electron chi connectivity index (χ3n) is 4.81. The summed E-state index contributed by atoms with van der Waals surface area (Å²) in [4.78, 5) is 23.5. The van der Waals surface area contributed by atoms with Crippen LogP contribution in [0.25, 0.3) is 0 Å². The summed E-state index contributed by atoms with van der Waals surface area (Å²) in [6, 6.07) is 18.1. The molecule has 35 heavy (non-hydrogen) atoms. The van der Waals surface area contributed by atoms with Crippen molar-refractivity contribution in [1.82, 2.24) is 5.32 Å². The predicted molar refractivity (Wildman–Crippen MR) is 140 cm³/mol. The first-order chi connectivity index (χ1) is 16.7. The van der Waals surface area contributed by atoms with E-state index < -0.39 is 33.1 Å². The molecule has 0 bridgehead atoms. The van der Waals surface area contributed by atoms with Gasteiger partial charge >= 0.3 is 0 Å². The number of hydrogen-bond acceptors (Lipinski definition) is 6. The number of carbonyl (C=O) groups is 1. The smallest absolute Gasteiger partial charge is 0.293 e. The third kappa shape index (κ3) is 7.11. The van der Waals surface area contributed by atoms with Gasteiger partial charge in [0.05, 0.1) is 9.82 Å². The van der Waals surface area contributed by atoms with Crippen LogP contribution in [0, 0.1) is 10.1 Å². The number of rotatable bonds is 11. The molecular formula is C23H21Cl2N3O5S2. The number of carbonyl (C=O) groups excluding carboxylic acids is 1. The molecule has 3 rings (SSSR count). The number of amides is 1. The first-order valence-corrected chi connectivity index (χ1v) is 13.6. The van der Waals surface area contributed by atoms with Crippen molar-refractivity contribution >= 4 is 62.3 Å². The molecule has 0 aliphatic heterocycles. The van der Waals surface area contributed by atoms with Crippen molar-refractivity contribution in [3.8, 4) is 0 Å². The SMILES string of the molecule is O=C(CN(c1ccccc1[N+](=O)[O-])S(=O)(=O)c1ccccc1)NCCSCc1ccc(Cl)cc1Cl. The van der Waals surface area contributed by atoms with Crippen LogP contribution in [0.1, 0.15) is 5.56 Å². The van der Waals surface area contributed by atoms with Gasteiger partial charge in [-0.05, 0) is 35.9 Å². The van der Waals surface area contributed by atoms with Gasteiger partial charge in [0, 0.05) is 34.2 Å². The number of para-hydroxylation sites is 2. The Balaban J connectivity index is 1.70. The number of sulfonamides is 1. The molecular weight excluding hydrogens is 533 g/mol. The first kappa shape index (κ1) is 26.8. The molecule has 1 amide bonds. The molecule has 0 radical (unpaired) electrons. The van der Waals surface area contributed by atoms with Gasteiger partial charge < -0.3 is 5.32 Å². The van der Waals surface area contributed by atoms with Gasteiger partial charge in [-0.25, -0.2) is 12.7 Å². The Labute approximate surface area is 217 Å². The molecule has 1 N–H and O–H groups in total. The Morgan fingerprint density at radius 1 is 1.03 bits per heavy atom. The maximum Gasteiger partial charge on any atom is 0.293 e. The summed E-state index contributed by atoms with van der Waals surface area (Å²) >= 11 is 13.6. The number of nitro groups is 1. The van der Waals surface area contributed by atoms with E-state index in [1.54, 1.807) is 18.2 Å². The fraction of sp³-hybridized carbons (Fsp3) is 0.174. The highest BCUT2D eigenvalue weighted by Gasteiger charge is 2.31. The normalized spacial score (nSPS) is 11.1. The Morgan fingerprint density at radius 3 is 2.40 bits per heavy atom. The highest BCUT2D eigenvalue weighted by molar-refractivity contribution is 7.98. The minimum Gasteiger partial charge on any atom is -0.354 e. The van der Waals surface area contributed by atoms with Crippen molar-refractivity contribution in [2.45, 2.75) is 10.6 Å². The number of hydrogen-bond donors (Lipinski definition) is 1. The van der Waals surface area contributed by atoms with Crippen LogP contribution in [0.15, 0.2) is 77.7 Å². The van der Waals surface area contributed by atoms with E-state index in [4.69, 9.17) is 23.2 Å². The zero-order valence-corrected chi connectivity index (χ0v) is 21.4. The zero-order valence-electron chi connectivity index (χ0n) is 18.3. The Bertz CT molecular complexity index is 1310. The van der Waals surface area contributed by atoms with Gasteiger partial charge in [-0.15, -0.1) is 0 Å². The van der Waals surface area contributed by atoms with Gasteiger partial charge in [-0.2, -0.15) is 11.8 Å². The molecule has 184 valence electrons. The largest absolute Gasteiger partial charge is 0.354 e. The van der Waals surface area contributed by atoms with Gasteiger partial charge in [-0.1, -0.05) is 59.6 Å². The molecule has 0 aromatic heterocycles. The molecule has 3 aromatic carbocycles. The maximum absolute atomic E-state index is 13.3. The van der Waals surface area contributed by atoms with Crippen LogP contribution in [-0.4, -0.2) is 38.1 Å². The molecule has 8 nitrogen and oxygen atoms in total. The Morgan fingerprint density at radius 2 is 1.71 bits per heavy atom. The molecule has 0 aliphatic rings. The quantitative estimate of drug-likeness (QED) is 0.200. The lowest BCUT2D eigenvalue weighted by Gasteiger charge is -2.23. The highest BCUT2D eigenvalue weighted by atomic mass is 35.5. The highest BCUT2D eigenvalue weighted by Crippen LogP contribution is 2.32. The van der Waals surface area contributed by atoms with Crippen molar-refractivity contribution < 1.29 is 18.1 Å². The average molecular weight is 554 g/mol. The maximum atomic E-state index is 13.3. The summed E-state index contributed by atoms with van der Waals surface area (Å²) in [6.45, 7) is -0.347. The van der Waals surface area contributed by atoms with Crippen molar-refractivity contribution in [2.24, 2.45) is 0 Å². The average Bonchev–Trinajstić information content (AvgIpc) is 2.84. The second-order valence-electron chi connectivity index (χ2n) is 7.21. The minimum absolute atomic E-state index is 0.0821. The summed E-state index contributed by atoms with van der Waals surface area (Å²) < 4.78 is 27.4.